The summed E-state index contributed by atoms with van der Waals surface area (Å²) in [5.41, 5.74) is -4.13. The smallest absolute Gasteiger partial charge is 0.433 e. The summed E-state index contributed by atoms with van der Waals surface area (Å²) in [7, 11) is 2.64. The number of carbonyl (C=O) groups is 2. The Morgan fingerprint density at radius 2 is 1.71 bits per heavy atom. The first-order valence-corrected chi connectivity index (χ1v) is 15.5. The fraction of sp³-hybridized carbons (Fsp3) is 0.500. The molecular weight excluding hydrogens is 646 g/mol. The second-order valence-electron chi connectivity index (χ2n) is 11.8. The SMILES string of the molecule is CCCC1N(C(=O)c2cnccc2C(F)(F)F)CCC[C@@]1(Oc1cc(C(F)(F)F)n(C)n1)C(=O)N1CCN(c2ccccc2OC)CC1. The highest BCUT2D eigenvalue weighted by atomic mass is 19.4. The van der Waals surface area contributed by atoms with Crippen LogP contribution in [0.15, 0.2) is 48.8 Å². The molecule has 0 aliphatic carbocycles. The van der Waals surface area contributed by atoms with Crippen LogP contribution in [0.1, 0.15) is 54.2 Å². The highest BCUT2D eigenvalue weighted by Gasteiger charge is 2.56. The number of aromatic nitrogens is 3. The molecule has 2 fully saturated rings. The Labute approximate surface area is 273 Å². The number of piperidine rings is 1. The van der Waals surface area contributed by atoms with E-state index in [2.05, 4.69) is 10.1 Å². The molecule has 0 spiro atoms. The topological polar surface area (TPSA) is 93.0 Å². The summed E-state index contributed by atoms with van der Waals surface area (Å²) in [4.78, 5) is 37.2. The third-order valence-electron chi connectivity index (χ3n) is 8.83. The molecule has 0 bridgehead atoms. The van der Waals surface area contributed by atoms with Crippen LogP contribution in [0.25, 0.3) is 0 Å². The quantitative estimate of drug-likeness (QED) is 0.293. The maximum atomic E-state index is 14.7. The number of halogens is 6. The number of ether oxygens (including phenoxy) is 2. The summed E-state index contributed by atoms with van der Waals surface area (Å²) in [6.07, 6.45) is -7.28. The molecule has 5 rings (SSSR count). The number of anilines is 1. The van der Waals surface area contributed by atoms with Crippen LogP contribution in [0.2, 0.25) is 0 Å². The van der Waals surface area contributed by atoms with E-state index in [9.17, 15) is 35.9 Å². The Bertz CT molecular complexity index is 1620. The number of para-hydroxylation sites is 2. The van der Waals surface area contributed by atoms with Gasteiger partial charge >= 0.3 is 12.4 Å². The Morgan fingerprint density at radius 3 is 2.33 bits per heavy atom. The predicted molar refractivity (Wildman–Crippen MR) is 162 cm³/mol. The second kappa shape index (κ2) is 13.5. The number of rotatable bonds is 8. The van der Waals surface area contributed by atoms with Crippen molar-refractivity contribution in [1.29, 1.82) is 0 Å². The number of alkyl halides is 6. The van der Waals surface area contributed by atoms with Crippen LogP contribution in [-0.2, 0) is 24.2 Å². The van der Waals surface area contributed by atoms with Crippen molar-refractivity contribution in [2.24, 2.45) is 7.05 Å². The number of amides is 2. The number of nitrogens with zero attached hydrogens (tertiary/aromatic N) is 6. The van der Waals surface area contributed by atoms with Crippen LogP contribution in [0, 0.1) is 0 Å². The van der Waals surface area contributed by atoms with Gasteiger partial charge in [-0.15, -0.1) is 5.10 Å². The van der Waals surface area contributed by atoms with Gasteiger partial charge in [0.25, 0.3) is 11.8 Å². The van der Waals surface area contributed by atoms with Gasteiger partial charge in [0, 0.05) is 64.7 Å². The van der Waals surface area contributed by atoms with Crippen molar-refractivity contribution < 1.29 is 45.4 Å². The van der Waals surface area contributed by atoms with Crippen molar-refractivity contribution in [2.45, 2.75) is 56.6 Å². The molecule has 2 aromatic heterocycles. The molecule has 2 aliphatic rings. The first-order valence-electron chi connectivity index (χ1n) is 15.5. The van der Waals surface area contributed by atoms with Gasteiger partial charge in [-0.1, -0.05) is 25.5 Å². The standard InChI is InChI=1S/C32H36F6N6O4/c1-4-8-25-30(48-27-19-26(32(36,37)38)41(2)40-27,12-7-14-44(25)28(45)21-20-39-13-11-22(21)31(33,34)35)29(46)43-17-15-42(16-18-43)23-9-5-6-10-24(23)47-3/h5-6,9-11,13,19-20,25H,4,7-8,12,14-18H2,1-3H3/t25?,30-/m0/s1. The molecule has 4 heterocycles. The highest BCUT2D eigenvalue weighted by Crippen LogP contribution is 2.41. The molecule has 0 radical (unpaired) electrons. The Hall–Kier alpha value is -4.50. The lowest BCUT2D eigenvalue weighted by atomic mass is 9.79. The number of likely N-dealkylation sites (tertiary alicyclic amines) is 1. The van der Waals surface area contributed by atoms with Crippen molar-refractivity contribution in [3.63, 3.8) is 0 Å². The number of hydrogen-bond acceptors (Lipinski definition) is 7. The molecule has 2 aliphatic heterocycles. The minimum Gasteiger partial charge on any atom is -0.495 e. The molecule has 2 saturated heterocycles. The van der Waals surface area contributed by atoms with E-state index in [0.29, 0.717) is 42.1 Å². The summed E-state index contributed by atoms with van der Waals surface area (Å²) in [5.74, 6) is -1.43. The lowest BCUT2D eigenvalue weighted by Gasteiger charge is -2.50. The van der Waals surface area contributed by atoms with E-state index in [1.165, 1.54) is 9.80 Å². The monoisotopic (exact) mass is 682 g/mol. The molecule has 0 saturated carbocycles. The molecule has 2 atom stereocenters. The lowest BCUT2D eigenvalue weighted by Crippen LogP contribution is -2.69. The normalized spacial score (nSPS) is 20.5. The number of pyridine rings is 1. The zero-order valence-electron chi connectivity index (χ0n) is 26.6. The number of aryl methyl sites for hydroxylation is 1. The van der Waals surface area contributed by atoms with E-state index >= 15 is 0 Å². The number of carbonyl (C=O) groups excluding carboxylic acids is 2. The van der Waals surface area contributed by atoms with Gasteiger partial charge in [0.2, 0.25) is 11.5 Å². The molecule has 10 nitrogen and oxygen atoms in total. The molecule has 1 unspecified atom stereocenters. The van der Waals surface area contributed by atoms with Crippen molar-refractivity contribution >= 4 is 17.5 Å². The minimum absolute atomic E-state index is 0.00825. The third kappa shape index (κ3) is 6.74. The summed E-state index contributed by atoms with van der Waals surface area (Å²) in [6, 6.07) is 7.63. The molecule has 260 valence electrons. The molecule has 16 heteroatoms. The number of piperazine rings is 1. The summed E-state index contributed by atoms with van der Waals surface area (Å²) in [5, 5.41) is 3.90. The summed E-state index contributed by atoms with van der Waals surface area (Å²) in [6.45, 7) is 2.93. The number of methoxy groups -OCH3 is 1. The third-order valence-corrected chi connectivity index (χ3v) is 8.83. The van der Waals surface area contributed by atoms with Crippen LogP contribution in [0.5, 0.6) is 11.6 Å². The summed E-state index contributed by atoms with van der Waals surface area (Å²) >= 11 is 0. The van der Waals surface area contributed by atoms with Crippen LogP contribution >= 0.6 is 0 Å². The second-order valence-corrected chi connectivity index (χ2v) is 11.8. The van der Waals surface area contributed by atoms with Crippen molar-refractivity contribution in [3.05, 3.63) is 65.6 Å². The van der Waals surface area contributed by atoms with E-state index in [1.54, 1.807) is 14.0 Å². The maximum Gasteiger partial charge on any atom is 0.433 e. The van der Waals surface area contributed by atoms with Gasteiger partial charge in [0.1, 0.15) is 11.4 Å². The van der Waals surface area contributed by atoms with Crippen LogP contribution in [0.4, 0.5) is 32.0 Å². The van der Waals surface area contributed by atoms with E-state index in [-0.39, 0.29) is 38.9 Å². The average Bonchev–Trinajstić information content (AvgIpc) is 3.44. The highest BCUT2D eigenvalue weighted by molar-refractivity contribution is 5.97. The Morgan fingerprint density at radius 1 is 1.00 bits per heavy atom. The lowest BCUT2D eigenvalue weighted by molar-refractivity contribution is -0.160. The average molecular weight is 683 g/mol. The first-order chi connectivity index (χ1) is 22.7. The van der Waals surface area contributed by atoms with Crippen molar-refractivity contribution in [2.75, 3.05) is 44.7 Å². The fourth-order valence-electron chi connectivity index (χ4n) is 6.62. The molecular formula is C32H36F6N6O4. The molecule has 48 heavy (non-hydrogen) atoms. The van der Waals surface area contributed by atoms with Crippen LogP contribution < -0.4 is 14.4 Å². The first kappa shape index (κ1) is 34.8. The number of hydrogen-bond donors (Lipinski definition) is 0. The van der Waals surface area contributed by atoms with Crippen LogP contribution in [0.3, 0.4) is 0 Å². The van der Waals surface area contributed by atoms with Crippen molar-refractivity contribution in [3.8, 4) is 11.6 Å². The van der Waals surface area contributed by atoms with Gasteiger partial charge in [-0.2, -0.15) is 26.3 Å². The van der Waals surface area contributed by atoms with Crippen LogP contribution in [-0.4, -0.2) is 87.9 Å². The van der Waals surface area contributed by atoms with Gasteiger partial charge in [-0.05, 0) is 31.0 Å². The van der Waals surface area contributed by atoms with E-state index < -0.39 is 58.5 Å². The zero-order chi connectivity index (χ0) is 34.9. The molecule has 2 amide bonds. The predicted octanol–water partition coefficient (Wildman–Crippen LogP) is 5.43. The van der Waals surface area contributed by atoms with E-state index in [0.717, 1.165) is 25.1 Å². The van der Waals surface area contributed by atoms with Crippen molar-refractivity contribution in [1.82, 2.24) is 24.6 Å². The van der Waals surface area contributed by atoms with Gasteiger partial charge in [0.15, 0.2) is 0 Å². The van der Waals surface area contributed by atoms with E-state index in [4.69, 9.17) is 9.47 Å². The zero-order valence-corrected chi connectivity index (χ0v) is 26.6. The van der Waals surface area contributed by atoms with Gasteiger partial charge in [-0.25, -0.2) is 0 Å². The van der Waals surface area contributed by atoms with Gasteiger partial charge < -0.3 is 24.2 Å². The van der Waals surface area contributed by atoms with Gasteiger partial charge in [-0.3, -0.25) is 19.3 Å². The van der Waals surface area contributed by atoms with E-state index in [1.807, 2.05) is 29.2 Å². The molecule has 3 aromatic rings. The minimum atomic E-state index is -4.86. The Kier molecular flexibility index (Phi) is 9.83. The largest absolute Gasteiger partial charge is 0.495 e. The number of benzene rings is 1. The fourth-order valence-corrected chi connectivity index (χ4v) is 6.62. The maximum absolute atomic E-state index is 14.7. The summed E-state index contributed by atoms with van der Waals surface area (Å²) < 4.78 is 95.5. The van der Waals surface area contributed by atoms with Gasteiger partial charge in [0.05, 0.1) is 30.0 Å². The Balaban J connectivity index is 1.54. The molecule has 0 N–H and O–H groups in total. The molecule has 1 aromatic carbocycles.